The third-order valence-corrected chi connectivity index (χ3v) is 8.83. The van der Waals surface area contributed by atoms with E-state index in [0.29, 0.717) is 16.3 Å². The summed E-state index contributed by atoms with van der Waals surface area (Å²) < 4.78 is 23.6. The molecule has 3 atom stereocenters. The van der Waals surface area contributed by atoms with Crippen molar-refractivity contribution in [1.29, 1.82) is 0 Å². The number of carbonyl (C=O) groups is 3. The number of carboxylic acids is 1. The van der Waals surface area contributed by atoms with E-state index < -0.39 is 45.3 Å². The first-order chi connectivity index (χ1) is 17.6. The first-order valence-electron chi connectivity index (χ1n) is 10.9. The van der Waals surface area contributed by atoms with Crippen LogP contribution in [0, 0.1) is 0 Å². The van der Waals surface area contributed by atoms with Crippen molar-refractivity contribution in [1.82, 2.24) is 30.4 Å². The van der Waals surface area contributed by atoms with E-state index in [1.165, 1.54) is 16.4 Å². The summed E-state index contributed by atoms with van der Waals surface area (Å²) in [5, 5.41) is 38.7. The number of tetrazole rings is 1. The van der Waals surface area contributed by atoms with Gasteiger partial charge in [0.25, 0.3) is 11.8 Å². The van der Waals surface area contributed by atoms with Crippen LogP contribution in [0.1, 0.15) is 18.1 Å². The summed E-state index contributed by atoms with van der Waals surface area (Å²) in [4.78, 5) is 38.6. The van der Waals surface area contributed by atoms with Gasteiger partial charge in [-0.05, 0) is 28.0 Å². The van der Waals surface area contributed by atoms with Crippen molar-refractivity contribution in [3.05, 3.63) is 47.2 Å². The van der Waals surface area contributed by atoms with E-state index in [2.05, 4.69) is 20.8 Å². The van der Waals surface area contributed by atoms with Gasteiger partial charge in [-0.1, -0.05) is 42.1 Å². The number of nitrogens with zero attached hydrogens (tertiary/aromatic N) is 5. The second-order valence-electron chi connectivity index (χ2n) is 8.16. The Labute approximate surface area is 219 Å². The summed E-state index contributed by atoms with van der Waals surface area (Å²) in [5.74, 6) is -2.40. The lowest BCUT2D eigenvalue weighted by Gasteiger charge is -2.49. The largest absolute Gasteiger partial charge is 0.477 e. The number of aliphatic hydroxyl groups excluding tert-OH is 1. The average Bonchev–Trinajstić information content (AvgIpc) is 3.31. The molecule has 2 aliphatic rings. The minimum absolute atomic E-state index is 0.163. The molecular formula is C20H23N7O7S3. The minimum Gasteiger partial charge on any atom is -0.477 e. The molecule has 1 saturated heterocycles. The Hall–Kier alpha value is -2.99. The average molecular weight is 570 g/mol. The van der Waals surface area contributed by atoms with E-state index in [9.17, 15) is 33.0 Å². The fourth-order valence-corrected chi connectivity index (χ4v) is 6.74. The number of rotatable bonds is 11. The van der Waals surface area contributed by atoms with Crippen LogP contribution in [0.4, 0.5) is 0 Å². The Balaban J connectivity index is 1.41. The number of hydrogen-bond acceptors (Lipinski definition) is 11. The molecule has 3 heterocycles. The van der Waals surface area contributed by atoms with Crippen LogP contribution in [0.25, 0.3) is 0 Å². The maximum absolute atomic E-state index is 12.9. The summed E-state index contributed by atoms with van der Waals surface area (Å²) in [6.07, 6.45) is -1.26. The van der Waals surface area contributed by atoms with Crippen molar-refractivity contribution in [2.45, 2.75) is 35.6 Å². The van der Waals surface area contributed by atoms with Gasteiger partial charge in [-0.3, -0.25) is 14.5 Å². The fraction of sp³-hybridized carbons (Fsp3) is 0.400. The molecular weight excluding hydrogens is 546 g/mol. The van der Waals surface area contributed by atoms with Gasteiger partial charge in [0.15, 0.2) is 6.10 Å². The number of primary sulfonamides is 1. The molecule has 1 aromatic carbocycles. The molecule has 2 amide bonds. The lowest BCUT2D eigenvalue weighted by atomic mass is 10.0. The first kappa shape index (κ1) is 27.1. The van der Waals surface area contributed by atoms with Gasteiger partial charge in [-0.2, -0.15) is 0 Å². The zero-order chi connectivity index (χ0) is 26.7. The number of hydrogen-bond donors (Lipinski definition) is 4. The van der Waals surface area contributed by atoms with Gasteiger partial charge in [0.1, 0.15) is 17.1 Å². The number of nitrogens with one attached hydrogen (secondary N) is 1. The van der Waals surface area contributed by atoms with Crippen LogP contribution < -0.4 is 10.5 Å². The molecule has 5 N–H and O–H groups in total. The molecule has 37 heavy (non-hydrogen) atoms. The van der Waals surface area contributed by atoms with Crippen LogP contribution in [0.15, 0.2) is 46.8 Å². The molecule has 0 bridgehead atoms. The number of β-lactam (4-membered cyclic amide) rings is 1. The van der Waals surface area contributed by atoms with E-state index in [1.54, 1.807) is 30.3 Å². The number of aliphatic carboxylic acids is 1. The van der Waals surface area contributed by atoms with Gasteiger partial charge in [0.2, 0.25) is 15.2 Å². The Bertz CT molecular complexity index is 1330. The number of nitrogens with two attached hydrogens (primary N) is 1. The number of thioether (sulfide) groups is 2. The van der Waals surface area contributed by atoms with Crippen molar-refractivity contribution in [2.24, 2.45) is 5.14 Å². The molecule has 0 aliphatic carbocycles. The maximum Gasteiger partial charge on any atom is 0.352 e. The number of carboxylic acid groups (broad SMARTS) is 1. The van der Waals surface area contributed by atoms with Crippen LogP contribution in [0.2, 0.25) is 0 Å². The van der Waals surface area contributed by atoms with E-state index in [0.717, 1.165) is 16.7 Å². The SMILES string of the molecule is NS(=O)(=O)CCCn1nnnc1SCC1=C(C(=O)O)N2C(=O)C(NC(=O)[C@H](O)c3ccccc3)[C@H]2SC1. The van der Waals surface area contributed by atoms with Gasteiger partial charge in [-0.15, -0.1) is 16.9 Å². The van der Waals surface area contributed by atoms with Crippen LogP contribution in [0.5, 0.6) is 0 Å². The monoisotopic (exact) mass is 569 g/mol. The summed E-state index contributed by atoms with van der Waals surface area (Å²) >= 11 is 2.45. The highest BCUT2D eigenvalue weighted by molar-refractivity contribution is 8.01. The molecule has 0 spiro atoms. The highest BCUT2D eigenvalue weighted by Gasteiger charge is 2.54. The lowest BCUT2D eigenvalue weighted by Crippen LogP contribution is -2.70. The number of fused-ring (bicyclic) bond motifs is 1. The maximum atomic E-state index is 12.9. The number of amides is 2. The standard InChI is InChI=1S/C20H23N7O7S3/c21-37(33,34)8-4-7-26-20(23-24-25-26)36-10-12-9-35-18-13(17(30)27(18)14(12)19(31)32)22-16(29)15(28)11-5-2-1-3-6-11/h1-3,5-6,13,15,18,28H,4,7-10H2,(H,22,29)(H,31,32)(H2,21,33,34)/t13?,15-,18-/m1/s1. The summed E-state index contributed by atoms with van der Waals surface area (Å²) in [6, 6.07) is 7.29. The molecule has 17 heteroatoms. The number of aliphatic hydroxyl groups is 1. The van der Waals surface area contributed by atoms with Crippen LogP contribution >= 0.6 is 23.5 Å². The summed E-state index contributed by atoms with van der Waals surface area (Å²) in [6.45, 7) is 0.203. The number of carbonyl (C=O) groups excluding carboxylic acids is 2. The third kappa shape index (κ3) is 6.12. The van der Waals surface area contributed by atoms with Crippen LogP contribution in [0.3, 0.4) is 0 Å². The first-order valence-corrected chi connectivity index (χ1v) is 14.6. The Kier molecular flexibility index (Phi) is 8.17. The molecule has 1 unspecified atom stereocenters. The van der Waals surface area contributed by atoms with Gasteiger partial charge in [0, 0.05) is 18.1 Å². The highest BCUT2D eigenvalue weighted by Crippen LogP contribution is 2.41. The fourth-order valence-electron chi connectivity index (χ4n) is 3.82. The molecule has 0 saturated carbocycles. The predicted molar refractivity (Wildman–Crippen MR) is 132 cm³/mol. The molecule has 1 fully saturated rings. The molecule has 2 aromatic rings. The van der Waals surface area contributed by atoms with Gasteiger partial charge >= 0.3 is 5.97 Å². The molecule has 14 nitrogen and oxygen atoms in total. The smallest absolute Gasteiger partial charge is 0.352 e. The van der Waals surface area contributed by atoms with Crippen molar-refractivity contribution in [3.63, 3.8) is 0 Å². The normalized spacial score (nSPS) is 20.3. The minimum atomic E-state index is -3.62. The number of aryl methyl sites for hydroxylation is 1. The number of benzene rings is 1. The third-order valence-electron chi connectivity index (χ3n) is 5.58. The topological polar surface area (TPSA) is 211 Å². The number of aromatic nitrogens is 4. The van der Waals surface area contributed by atoms with Crippen molar-refractivity contribution in [3.8, 4) is 0 Å². The van der Waals surface area contributed by atoms with Crippen LogP contribution in [-0.2, 0) is 31.0 Å². The van der Waals surface area contributed by atoms with Crippen molar-refractivity contribution < 1.29 is 33.0 Å². The van der Waals surface area contributed by atoms with Gasteiger partial charge in [0.05, 0.1) is 5.75 Å². The zero-order valence-corrected chi connectivity index (χ0v) is 21.6. The zero-order valence-electron chi connectivity index (χ0n) is 19.1. The molecule has 198 valence electrons. The number of sulfonamides is 1. The van der Waals surface area contributed by atoms with Crippen molar-refractivity contribution in [2.75, 3.05) is 17.3 Å². The van der Waals surface area contributed by atoms with Gasteiger partial charge in [-0.25, -0.2) is 23.0 Å². The molecule has 4 rings (SSSR count). The second-order valence-corrected chi connectivity index (χ2v) is 11.9. The molecule has 0 radical (unpaired) electrons. The van der Waals surface area contributed by atoms with Gasteiger partial charge < -0.3 is 15.5 Å². The Morgan fingerprint density at radius 3 is 2.70 bits per heavy atom. The van der Waals surface area contributed by atoms with E-state index >= 15 is 0 Å². The second kappa shape index (κ2) is 11.2. The van der Waals surface area contributed by atoms with E-state index in [4.69, 9.17) is 5.14 Å². The quantitative estimate of drug-likeness (QED) is 0.188. The molecule has 2 aliphatic heterocycles. The molecule has 1 aromatic heterocycles. The van der Waals surface area contributed by atoms with E-state index in [1.807, 2.05) is 0 Å². The lowest BCUT2D eigenvalue weighted by molar-refractivity contribution is -0.151. The van der Waals surface area contributed by atoms with Crippen molar-refractivity contribution >= 4 is 51.3 Å². The van der Waals surface area contributed by atoms with Crippen LogP contribution in [-0.4, -0.2) is 90.2 Å². The predicted octanol–water partition coefficient (Wildman–Crippen LogP) is -1.08. The Morgan fingerprint density at radius 2 is 2.03 bits per heavy atom. The van der Waals surface area contributed by atoms with E-state index in [-0.39, 0.29) is 35.9 Å². The highest BCUT2D eigenvalue weighted by atomic mass is 32.2. The summed E-state index contributed by atoms with van der Waals surface area (Å²) in [7, 11) is -3.62. The summed E-state index contributed by atoms with van der Waals surface area (Å²) in [5.41, 5.74) is 0.682. The Morgan fingerprint density at radius 1 is 1.30 bits per heavy atom.